The first kappa shape index (κ1) is 25.1. The number of benzene rings is 2. The smallest absolute Gasteiger partial charge is 0.321 e. The van der Waals surface area contributed by atoms with Crippen LogP contribution in [0.25, 0.3) is 0 Å². The van der Waals surface area contributed by atoms with E-state index in [-0.39, 0.29) is 35.0 Å². The minimum absolute atomic E-state index is 0. The molecule has 3 aliphatic heterocycles. The van der Waals surface area contributed by atoms with Crippen molar-refractivity contribution < 1.29 is 40.3 Å². The Morgan fingerprint density at radius 3 is 2.17 bits per heavy atom. The van der Waals surface area contributed by atoms with E-state index in [9.17, 15) is 9.59 Å². The fourth-order valence-corrected chi connectivity index (χ4v) is 5.54. The molecule has 1 aromatic heterocycles. The van der Waals surface area contributed by atoms with Gasteiger partial charge in [0.25, 0.3) is 5.91 Å². The number of esters is 1. The molecule has 8 heteroatoms. The SMILES string of the molecule is CC(C(=O)OC1C[N+]2(CC(=O)Nc3ccon3)CCC1CC2)(c1ccccc1)c1ccccc1.[Br-]. The highest BCUT2D eigenvalue weighted by Gasteiger charge is 2.50. The number of fused-ring (bicyclic) bond motifs is 3. The summed E-state index contributed by atoms with van der Waals surface area (Å²) < 4.78 is 11.7. The molecule has 0 aliphatic carbocycles. The molecule has 1 atom stereocenters. The van der Waals surface area contributed by atoms with Gasteiger partial charge in [-0.05, 0) is 18.1 Å². The molecular weight excluding hydrogens is 510 g/mol. The zero-order valence-corrected chi connectivity index (χ0v) is 21.3. The maximum absolute atomic E-state index is 13.8. The molecule has 35 heavy (non-hydrogen) atoms. The summed E-state index contributed by atoms with van der Waals surface area (Å²) in [4.78, 5) is 26.5. The van der Waals surface area contributed by atoms with Crippen LogP contribution in [0.5, 0.6) is 0 Å². The van der Waals surface area contributed by atoms with E-state index < -0.39 is 5.41 Å². The number of hydrogen-bond acceptors (Lipinski definition) is 5. The van der Waals surface area contributed by atoms with Gasteiger partial charge in [-0.3, -0.25) is 9.59 Å². The lowest BCUT2D eigenvalue weighted by molar-refractivity contribution is -0.939. The van der Waals surface area contributed by atoms with Crippen LogP contribution in [0.15, 0.2) is 77.5 Å². The van der Waals surface area contributed by atoms with E-state index in [4.69, 9.17) is 9.26 Å². The first-order valence-electron chi connectivity index (χ1n) is 11.9. The largest absolute Gasteiger partial charge is 1.00 e. The van der Waals surface area contributed by atoms with Crippen molar-refractivity contribution in [2.75, 3.05) is 31.5 Å². The maximum Gasteiger partial charge on any atom is 0.321 e. The first-order chi connectivity index (χ1) is 16.5. The number of aromatic nitrogens is 1. The minimum Gasteiger partial charge on any atom is -1.00 e. The Morgan fingerprint density at radius 1 is 1.03 bits per heavy atom. The van der Waals surface area contributed by atoms with E-state index in [0.717, 1.165) is 37.1 Å². The number of quaternary nitrogens is 1. The predicted octanol–water partition coefficient (Wildman–Crippen LogP) is 0.776. The standard InChI is InChI=1S/C27H29N3O4.BrH/c1-27(21-8-4-2-5-9-21,22-10-6-3-7-11-22)26(32)34-23-18-30(15-12-20(23)13-16-30)19-25(31)28-24-14-17-33-29-24;/h2-11,14,17,20,23H,12-13,15-16,18-19H2,1H3;1H. The number of anilines is 1. The zero-order valence-electron chi connectivity index (χ0n) is 19.7. The molecule has 6 rings (SSSR count). The second-order valence-corrected chi connectivity index (χ2v) is 9.70. The van der Waals surface area contributed by atoms with E-state index >= 15 is 0 Å². The molecule has 7 nitrogen and oxygen atoms in total. The molecule has 3 aliphatic rings. The molecular formula is C27H30BrN3O4. The fourth-order valence-electron chi connectivity index (χ4n) is 5.54. The van der Waals surface area contributed by atoms with Crippen molar-refractivity contribution in [2.24, 2.45) is 5.92 Å². The number of halogens is 1. The van der Waals surface area contributed by atoms with Crippen molar-refractivity contribution in [1.82, 2.24) is 5.16 Å². The van der Waals surface area contributed by atoms with Crippen LogP contribution in [0.2, 0.25) is 0 Å². The summed E-state index contributed by atoms with van der Waals surface area (Å²) in [6.45, 7) is 4.76. The van der Waals surface area contributed by atoms with Gasteiger partial charge in [0.15, 0.2) is 18.5 Å². The van der Waals surface area contributed by atoms with Crippen LogP contribution in [0.4, 0.5) is 5.82 Å². The number of nitrogens with zero attached hydrogens (tertiary/aromatic N) is 2. The Labute approximate surface area is 215 Å². The van der Waals surface area contributed by atoms with Crippen LogP contribution < -0.4 is 22.3 Å². The third kappa shape index (κ3) is 5.04. The highest BCUT2D eigenvalue weighted by Crippen LogP contribution is 2.39. The highest BCUT2D eigenvalue weighted by atomic mass is 79.9. The Hall–Kier alpha value is -2.97. The Bertz CT molecular complexity index is 1090. The van der Waals surface area contributed by atoms with E-state index in [1.54, 1.807) is 6.07 Å². The average molecular weight is 540 g/mol. The van der Waals surface area contributed by atoms with Crippen LogP contribution in [-0.2, 0) is 19.7 Å². The van der Waals surface area contributed by atoms with Crippen LogP contribution in [-0.4, -0.2) is 53.8 Å². The number of rotatable bonds is 7. The third-order valence-corrected chi connectivity index (χ3v) is 7.59. The number of hydrogen-bond donors (Lipinski definition) is 1. The van der Waals surface area contributed by atoms with Gasteiger partial charge < -0.3 is 36.0 Å². The minimum atomic E-state index is -0.913. The predicted molar refractivity (Wildman–Crippen MR) is 127 cm³/mol. The Kier molecular flexibility index (Phi) is 7.42. The van der Waals surface area contributed by atoms with Gasteiger partial charge in [-0.15, -0.1) is 0 Å². The van der Waals surface area contributed by atoms with Crippen molar-refractivity contribution >= 4 is 17.7 Å². The molecule has 3 saturated heterocycles. The summed E-state index contributed by atoms with van der Waals surface area (Å²) in [5.74, 6) is 0.407. The molecule has 2 bridgehead atoms. The van der Waals surface area contributed by atoms with Crippen molar-refractivity contribution in [1.29, 1.82) is 0 Å². The van der Waals surface area contributed by atoms with Gasteiger partial charge in [0, 0.05) is 24.8 Å². The van der Waals surface area contributed by atoms with Crippen LogP contribution in [0.1, 0.15) is 30.9 Å². The monoisotopic (exact) mass is 539 g/mol. The second-order valence-electron chi connectivity index (χ2n) is 9.70. The van der Waals surface area contributed by atoms with Crippen molar-refractivity contribution in [3.8, 4) is 0 Å². The summed E-state index contributed by atoms with van der Waals surface area (Å²) in [7, 11) is 0. The van der Waals surface area contributed by atoms with Gasteiger partial charge in [0.1, 0.15) is 18.2 Å². The van der Waals surface area contributed by atoms with Crippen LogP contribution in [0.3, 0.4) is 0 Å². The summed E-state index contributed by atoms with van der Waals surface area (Å²) in [5.41, 5.74) is 0.899. The Balaban J connectivity index is 0.00000289. The van der Waals surface area contributed by atoms with Crippen molar-refractivity contribution in [3.63, 3.8) is 0 Å². The van der Waals surface area contributed by atoms with Crippen LogP contribution >= 0.6 is 0 Å². The summed E-state index contributed by atoms with van der Waals surface area (Å²) >= 11 is 0. The number of carbonyl (C=O) groups excluding carboxylic acids is 2. The molecule has 1 unspecified atom stereocenters. The molecule has 2 aromatic carbocycles. The molecule has 1 N–H and O–H groups in total. The molecule has 3 fully saturated rings. The lowest BCUT2D eigenvalue weighted by Crippen LogP contribution is -3.00. The number of nitrogens with one attached hydrogen (secondary N) is 1. The molecule has 0 radical (unpaired) electrons. The van der Waals surface area contributed by atoms with Gasteiger partial charge in [0.05, 0.1) is 13.1 Å². The van der Waals surface area contributed by atoms with E-state index in [1.165, 1.54) is 6.26 Å². The molecule has 1 amide bonds. The van der Waals surface area contributed by atoms with E-state index in [0.29, 0.717) is 29.3 Å². The Morgan fingerprint density at radius 2 is 1.63 bits per heavy atom. The van der Waals surface area contributed by atoms with Crippen molar-refractivity contribution in [2.45, 2.75) is 31.3 Å². The van der Waals surface area contributed by atoms with Gasteiger partial charge in [-0.25, -0.2) is 0 Å². The topological polar surface area (TPSA) is 81.4 Å². The number of amides is 1. The summed E-state index contributed by atoms with van der Waals surface area (Å²) in [5, 5.41) is 6.56. The van der Waals surface area contributed by atoms with Gasteiger partial charge in [0.2, 0.25) is 0 Å². The van der Waals surface area contributed by atoms with E-state index in [1.807, 2.05) is 67.6 Å². The summed E-state index contributed by atoms with van der Waals surface area (Å²) in [6, 6.07) is 21.2. The lowest BCUT2D eigenvalue weighted by Gasteiger charge is -2.51. The lowest BCUT2D eigenvalue weighted by atomic mass is 9.76. The third-order valence-electron chi connectivity index (χ3n) is 7.59. The molecule has 3 aromatic rings. The van der Waals surface area contributed by atoms with Gasteiger partial charge >= 0.3 is 5.97 Å². The molecule has 0 saturated carbocycles. The highest BCUT2D eigenvalue weighted by molar-refractivity contribution is 5.90. The molecule has 184 valence electrons. The first-order valence-corrected chi connectivity index (χ1v) is 11.9. The van der Waals surface area contributed by atoms with Gasteiger partial charge in [-0.1, -0.05) is 65.8 Å². The second kappa shape index (κ2) is 10.3. The van der Waals surface area contributed by atoms with Crippen LogP contribution in [0, 0.1) is 5.92 Å². The fraction of sp³-hybridized carbons (Fsp3) is 0.370. The number of ether oxygens (including phenoxy) is 1. The molecule has 4 heterocycles. The quantitative estimate of drug-likeness (QED) is 0.354. The number of piperidine rings is 3. The average Bonchev–Trinajstić information content (AvgIpc) is 3.37. The van der Waals surface area contributed by atoms with Gasteiger partial charge in [-0.2, -0.15) is 0 Å². The zero-order chi connectivity index (χ0) is 23.6. The maximum atomic E-state index is 13.8. The number of carbonyl (C=O) groups is 2. The van der Waals surface area contributed by atoms with Crippen molar-refractivity contribution in [3.05, 3.63) is 84.1 Å². The normalized spacial score (nSPS) is 23.2. The summed E-state index contributed by atoms with van der Waals surface area (Å²) in [6.07, 6.45) is 3.12. The van der Waals surface area contributed by atoms with E-state index in [2.05, 4.69) is 10.5 Å². The molecule has 0 spiro atoms.